The molecule has 1 saturated heterocycles. The summed E-state index contributed by atoms with van der Waals surface area (Å²) in [5, 5.41) is 3.07. The minimum absolute atomic E-state index is 0.00782. The molecule has 1 heterocycles. The van der Waals surface area contributed by atoms with Gasteiger partial charge >= 0.3 is 0 Å². The Labute approximate surface area is 156 Å². The van der Waals surface area contributed by atoms with Crippen molar-refractivity contribution in [1.82, 2.24) is 15.1 Å². The van der Waals surface area contributed by atoms with Gasteiger partial charge in [0.25, 0.3) is 5.91 Å². The summed E-state index contributed by atoms with van der Waals surface area (Å²) in [6, 6.07) is 9.29. The van der Waals surface area contributed by atoms with E-state index in [9.17, 15) is 9.59 Å². The lowest BCUT2D eigenvalue weighted by Gasteiger charge is -2.33. The zero-order valence-corrected chi connectivity index (χ0v) is 16.0. The van der Waals surface area contributed by atoms with E-state index in [1.807, 2.05) is 49.3 Å². The van der Waals surface area contributed by atoms with E-state index in [2.05, 4.69) is 10.2 Å². The summed E-state index contributed by atoms with van der Waals surface area (Å²) < 4.78 is 0. The van der Waals surface area contributed by atoms with Gasteiger partial charge in [-0.05, 0) is 64.4 Å². The largest absolute Gasteiger partial charge is 0.354 e. The molecule has 0 aromatic heterocycles. The van der Waals surface area contributed by atoms with Crippen LogP contribution in [0.15, 0.2) is 30.3 Å². The van der Waals surface area contributed by atoms with Crippen LogP contribution in [0.5, 0.6) is 0 Å². The summed E-state index contributed by atoms with van der Waals surface area (Å²) in [6.07, 6.45) is 6.25. The molecule has 1 aromatic rings. The fourth-order valence-corrected chi connectivity index (χ4v) is 4.44. The van der Waals surface area contributed by atoms with Gasteiger partial charge in [0.05, 0.1) is 0 Å². The van der Waals surface area contributed by atoms with Gasteiger partial charge in [0.15, 0.2) is 0 Å². The van der Waals surface area contributed by atoms with Gasteiger partial charge in [-0.1, -0.05) is 31.0 Å². The van der Waals surface area contributed by atoms with E-state index in [0.29, 0.717) is 18.0 Å². The number of nitrogens with one attached hydrogen (secondary N) is 1. The molecule has 3 atom stereocenters. The second-order valence-electron chi connectivity index (χ2n) is 7.89. The first-order chi connectivity index (χ1) is 12.6. The molecule has 1 N–H and O–H groups in total. The quantitative estimate of drug-likeness (QED) is 0.796. The van der Waals surface area contributed by atoms with E-state index in [4.69, 9.17) is 0 Å². The maximum Gasteiger partial charge on any atom is 0.254 e. The Hall–Kier alpha value is -1.88. The normalized spacial score (nSPS) is 25.2. The molecule has 0 radical (unpaired) electrons. The average molecular weight is 357 g/mol. The van der Waals surface area contributed by atoms with E-state index < -0.39 is 0 Å². The molecule has 0 spiro atoms. The molecule has 3 unspecified atom stereocenters. The van der Waals surface area contributed by atoms with E-state index in [1.54, 1.807) is 0 Å². The molecule has 26 heavy (non-hydrogen) atoms. The summed E-state index contributed by atoms with van der Waals surface area (Å²) in [6.45, 7) is 1.61. The van der Waals surface area contributed by atoms with Crippen molar-refractivity contribution in [2.24, 2.45) is 5.92 Å². The van der Waals surface area contributed by atoms with Crippen LogP contribution < -0.4 is 5.32 Å². The third-order valence-corrected chi connectivity index (χ3v) is 5.73. The van der Waals surface area contributed by atoms with Gasteiger partial charge in [-0.2, -0.15) is 0 Å². The highest BCUT2D eigenvalue weighted by atomic mass is 16.2. The van der Waals surface area contributed by atoms with Crippen LogP contribution in [0.4, 0.5) is 0 Å². The first-order valence-corrected chi connectivity index (χ1v) is 9.88. The van der Waals surface area contributed by atoms with Crippen LogP contribution in [0.3, 0.4) is 0 Å². The van der Waals surface area contributed by atoms with Gasteiger partial charge in [-0.3, -0.25) is 9.59 Å². The number of nitrogens with zero attached hydrogens (tertiary/aromatic N) is 2. The molecule has 2 amide bonds. The van der Waals surface area contributed by atoms with Gasteiger partial charge in [0.1, 0.15) is 6.04 Å². The summed E-state index contributed by atoms with van der Waals surface area (Å²) in [5.74, 6) is 0.491. The van der Waals surface area contributed by atoms with Crippen molar-refractivity contribution in [3.63, 3.8) is 0 Å². The molecular formula is C21H31N3O2. The Balaban J connectivity index is 1.71. The Bertz CT molecular complexity index is 617. The fraction of sp³-hybridized carbons (Fsp3) is 0.619. The van der Waals surface area contributed by atoms with E-state index in [1.165, 1.54) is 6.42 Å². The number of benzene rings is 1. The second kappa shape index (κ2) is 8.67. The number of amides is 2. The molecule has 5 heteroatoms. The van der Waals surface area contributed by atoms with Gasteiger partial charge in [-0.15, -0.1) is 0 Å². The molecule has 2 fully saturated rings. The van der Waals surface area contributed by atoms with Crippen LogP contribution in [0.2, 0.25) is 0 Å². The Morgan fingerprint density at radius 3 is 2.62 bits per heavy atom. The molecule has 1 aliphatic carbocycles. The van der Waals surface area contributed by atoms with Crippen LogP contribution in [0, 0.1) is 5.92 Å². The molecule has 0 bridgehead atoms. The number of hydrogen-bond acceptors (Lipinski definition) is 3. The summed E-state index contributed by atoms with van der Waals surface area (Å²) in [4.78, 5) is 30.1. The average Bonchev–Trinajstić information content (AvgIpc) is 3.04. The lowest BCUT2D eigenvalue weighted by atomic mass is 9.84. The molecular weight excluding hydrogens is 326 g/mol. The standard InChI is InChI=1S/C21H31N3O2/c1-23(2)14-8-13-22-20(25)19-15-17-11-6-7-12-18(17)24(19)21(26)16-9-4-3-5-10-16/h3-5,9-10,17-19H,6-8,11-15H2,1-2H3,(H,22,25). The van der Waals surface area contributed by atoms with Gasteiger partial charge in [0, 0.05) is 18.2 Å². The van der Waals surface area contributed by atoms with Crippen LogP contribution in [-0.2, 0) is 4.79 Å². The Morgan fingerprint density at radius 1 is 1.15 bits per heavy atom. The highest BCUT2D eigenvalue weighted by Gasteiger charge is 2.47. The first-order valence-electron chi connectivity index (χ1n) is 9.88. The lowest BCUT2D eigenvalue weighted by Crippen LogP contribution is -2.49. The molecule has 5 nitrogen and oxygen atoms in total. The second-order valence-corrected chi connectivity index (χ2v) is 7.89. The molecule has 2 aliphatic rings. The number of hydrogen-bond donors (Lipinski definition) is 1. The molecule has 1 aliphatic heterocycles. The highest BCUT2D eigenvalue weighted by Crippen LogP contribution is 2.40. The molecule has 142 valence electrons. The molecule has 1 saturated carbocycles. The molecule has 3 rings (SSSR count). The Kier molecular flexibility index (Phi) is 6.30. The third kappa shape index (κ3) is 4.26. The van der Waals surface area contributed by atoms with Crippen molar-refractivity contribution in [1.29, 1.82) is 0 Å². The van der Waals surface area contributed by atoms with Crippen molar-refractivity contribution in [2.75, 3.05) is 27.2 Å². The zero-order chi connectivity index (χ0) is 18.5. The number of likely N-dealkylation sites (tertiary alicyclic amines) is 1. The van der Waals surface area contributed by atoms with Crippen LogP contribution in [-0.4, -0.2) is 60.9 Å². The maximum absolute atomic E-state index is 13.2. The van der Waals surface area contributed by atoms with Crippen molar-refractivity contribution in [3.05, 3.63) is 35.9 Å². The van der Waals surface area contributed by atoms with Gasteiger partial charge in [-0.25, -0.2) is 0 Å². The smallest absolute Gasteiger partial charge is 0.254 e. The SMILES string of the molecule is CN(C)CCCNC(=O)C1CC2CCCCC2N1C(=O)c1ccccc1. The maximum atomic E-state index is 13.2. The van der Waals surface area contributed by atoms with Crippen molar-refractivity contribution < 1.29 is 9.59 Å². The summed E-state index contributed by atoms with van der Waals surface area (Å²) in [5.41, 5.74) is 0.684. The predicted molar refractivity (Wildman–Crippen MR) is 103 cm³/mol. The van der Waals surface area contributed by atoms with Crippen molar-refractivity contribution in [2.45, 2.75) is 50.6 Å². The molecule has 1 aromatic carbocycles. The van der Waals surface area contributed by atoms with Gasteiger partial charge < -0.3 is 15.1 Å². The third-order valence-electron chi connectivity index (χ3n) is 5.73. The summed E-state index contributed by atoms with van der Waals surface area (Å²) >= 11 is 0. The minimum Gasteiger partial charge on any atom is -0.354 e. The van der Waals surface area contributed by atoms with Crippen LogP contribution in [0.1, 0.15) is 48.9 Å². The topological polar surface area (TPSA) is 52.7 Å². The number of carbonyl (C=O) groups is 2. The summed E-state index contributed by atoms with van der Waals surface area (Å²) in [7, 11) is 4.06. The predicted octanol–water partition coefficient (Wildman–Crippen LogP) is 2.53. The Morgan fingerprint density at radius 2 is 1.88 bits per heavy atom. The fourth-order valence-electron chi connectivity index (χ4n) is 4.44. The number of fused-ring (bicyclic) bond motifs is 1. The van der Waals surface area contributed by atoms with E-state index in [-0.39, 0.29) is 23.9 Å². The van der Waals surface area contributed by atoms with Crippen molar-refractivity contribution in [3.8, 4) is 0 Å². The monoisotopic (exact) mass is 357 g/mol. The minimum atomic E-state index is -0.324. The van der Waals surface area contributed by atoms with Crippen molar-refractivity contribution >= 4 is 11.8 Å². The van der Waals surface area contributed by atoms with E-state index in [0.717, 1.165) is 38.6 Å². The lowest BCUT2D eigenvalue weighted by molar-refractivity contribution is -0.125. The zero-order valence-electron chi connectivity index (χ0n) is 16.0. The van der Waals surface area contributed by atoms with Crippen LogP contribution >= 0.6 is 0 Å². The first kappa shape index (κ1) is 18.9. The number of rotatable bonds is 6. The highest BCUT2D eigenvalue weighted by molar-refractivity contribution is 5.98. The number of carbonyl (C=O) groups excluding carboxylic acids is 2. The van der Waals surface area contributed by atoms with E-state index >= 15 is 0 Å². The van der Waals surface area contributed by atoms with Crippen LogP contribution in [0.25, 0.3) is 0 Å². The van der Waals surface area contributed by atoms with Gasteiger partial charge in [0.2, 0.25) is 5.91 Å².